The van der Waals surface area contributed by atoms with E-state index in [1.807, 2.05) is 43.3 Å². The number of nitrogens with zero attached hydrogens (tertiary/aromatic N) is 3. The fourth-order valence-corrected chi connectivity index (χ4v) is 3.93. The van der Waals surface area contributed by atoms with Crippen LogP contribution in [0.25, 0.3) is 6.08 Å². The molecule has 2 N–H and O–H groups in total. The van der Waals surface area contributed by atoms with Crippen molar-refractivity contribution in [2.75, 3.05) is 43.9 Å². The first kappa shape index (κ1) is 24.3. The summed E-state index contributed by atoms with van der Waals surface area (Å²) < 4.78 is 0. The number of pyridine rings is 1. The van der Waals surface area contributed by atoms with Crippen molar-refractivity contribution in [2.45, 2.75) is 13.5 Å². The summed E-state index contributed by atoms with van der Waals surface area (Å²) in [6, 6.07) is 17.0. The number of aromatic nitrogens is 1. The second kappa shape index (κ2) is 11.6. The Morgan fingerprint density at radius 1 is 1.00 bits per heavy atom. The fraction of sp³-hybridized carbons (Fsp3) is 0.250. The number of anilines is 2. The van der Waals surface area contributed by atoms with E-state index in [0.29, 0.717) is 11.3 Å². The first-order valence-electron chi connectivity index (χ1n) is 11.8. The molecule has 0 spiro atoms. The standard InChI is InChI=1S/C28H31N5O2/c1-21-8-10-24(18-26(21)31-27(34)11-9-22-6-4-12-29-19-22)28(35)30-25-7-3-5-23(17-25)20-33-15-13-32(2)14-16-33/h3-12,17-19H,13-16,20H2,1-2H3,(H,30,35)(H,31,34). The number of amides is 2. The van der Waals surface area contributed by atoms with Gasteiger partial charge in [-0.15, -0.1) is 0 Å². The first-order chi connectivity index (χ1) is 17.0. The Morgan fingerprint density at radius 2 is 1.83 bits per heavy atom. The molecule has 35 heavy (non-hydrogen) atoms. The van der Waals surface area contributed by atoms with Crippen LogP contribution in [0.15, 0.2) is 73.1 Å². The second-order valence-corrected chi connectivity index (χ2v) is 8.87. The molecule has 1 fully saturated rings. The summed E-state index contributed by atoms with van der Waals surface area (Å²) in [6.45, 7) is 6.99. The zero-order valence-electron chi connectivity index (χ0n) is 20.2. The molecule has 1 saturated heterocycles. The van der Waals surface area contributed by atoms with Crippen molar-refractivity contribution < 1.29 is 9.59 Å². The Morgan fingerprint density at radius 3 is 2.60 bits per heavy atom. The highest BCUT2D eigenvalue weighted by Gasteiger charge is 2.15. The van der Waals surface area contributed by atoms with E-state index < -0.39 is 0 Å². The number of carbonyl (C=O) groups excluding carboxylic acids is 2. The van der Waals surface area contributed by atoms with Gasteiger partial charge in [0.25, 0.3) is 5.91 Å². The summed E-state index contributed by atoms with van der Waals surface area (Å²) in [6.07, 6.45) is 6.51. The van der Waals surface area contributed by atoms with Gasteiger partial charge < -0.3 is 15.5 Å². The lowest BCUT2D eigenvalue weighted by atomic mass is 10.1. The van der Waals surface area contributed by atoms with Crippen LogP contribution in [0, 0.1) is 6.92 Å². The van der Waals surface area contributed by atoms with Crippen LogP contribution in [0.2, 0.25) is 0 Å². The lowest BCUT2D eigenvalue weighted by Gasteiger charge is -2.32. The zero-order valence-corrected chi connectivity index (χ0v) is 20.2. The van der Waals surface area contributed by atoms with Crippen LogP contribution in [0.3, 0.4) is 0 Å². The molecule has 3 aromatic rings. The maximum Gasteiger partial charge on any atom is 0.255 e. The highest BCUT2D eigenvalue weighted by Crippen LogP contribution is 2.20. The molecule has 1 aromatic heterocycles. The number of hydrogen-bond acceptors (Lipinski definition) is 5. The number of aryl methyl sites for hydroxylation is 1. The molecule has 0 radical (unpaired) electrons. The van der Waals surface area contributed by atoms with Crippen molar-refractivity contribution in [1.29, 1.82) is 0 Å². The molecular formula is C28H31N5O2. The SMILES string of the molecule is Cc1ccc(C(=O)Nc2cccc(CN3CCN(C)CC3)c2)cc1NC(=O)C=Cc1cccnc1. The molecule has 1 aliphatic rings. The van der Waals surface area contributed by atoms with Crippen LogP contribution < -0.4 is 10.6 Å². The highest BCUT2D eigenvalue weighted by atomic mass is 16.2. The first-order valence-corrected chi connectivity index (χ1v) is 11.8. The Kier molecular flexibility index (Phi) is 8.03. The Labute approximate surface area is 206 Å². The summed E-state index contributed by atoms with van der Waals surface area (Å²) >= 11 is 0. The molecular weight excluding hydrogens is 438 g/mol. The summed E-state index contributed by atoms with van der Waals surface area (Å²) in [5, 5.41) is 5.85. The second-order valence-electron chi connectivity index (χ2n) is 8.87. The van der Waals surface area contributed by atoms with E-state index >= 15 is 0 Å². The van der Waals surface area contributed by atoms with E-state index in [0.717, 1.165) is 49.5 Å². The minimum Gasteiger partial charge on any atom is -0.322 e. The quantitative estimate of drug-likeness (QED) is 0.511. The van der Waals surface area contributed by atoms with Crippen molar-refractivity contribution in [3.8, 4) is 0 Å². The van der Waals surface area contributed by atoms with Gasteiger partial charge in [0.15, 0.2) is 0 Å². The predicted octanol–water partition coefficient (Wildman–Crippen LogP) is 4.04. The summed E-state index contributed by atoms with van der Waals surface area (Å²) in [4.78, 5) is 34.2. The number of likely N-dealkylation sites (N-methyl/N-ethyl adjacent to an activating group) is 1. The Hall–Kier alpha value is -3.81. The number of benzene rings is 2. The van der Waals surface area contributed by atoms with Crippen molar-refractivity contribution in [3.05, 3.63) is 95.3 Å². The number of nitrogens with one attached hydrogen (secondary N) is 2. The Balaban J connectivity index is 1.38. The average molecular weight is 470 g/mol. The molecule has 0 aliphatic carbocycles. The summed E-state index contributed by atoms with van der Waals surface area (Å²) in [5.74, 6) is -0.491. The third-order valence-electron chi connectivity index (χ3n) is 6.06. The van der Waals surface area contributed by atoms with E-state index in [9.17, 15) is 9.59 Å². The molecule has 0 bridgehead atoms. The van der Waals surface area contributed by atoms with Gasteiger partial charge in [0.1, 0.15) is 0 Å². The third kappa shape index (κ3) is 7.09. The van der Waals surface area contributed by atoms with Crippen LogP contribution >= 0.6 is 0 Å². The minimum absolute atomic E-state index is 0.219. The molecule has 7 heteroatoms. The number of carbonyl (C=O) groups is 2. The summed E-state index contributed by atoms with van der Waals surface area (Å²) in [7, 11) is 2.15. The maximum atomic E-state index is 13.0. The van der Waals surface area contributed by atoms with E-state index in [-0.39, 0.29) is 11.8 Å². The van der Waals surface area contributed by atoms with Crippen molar-refractivity contribution in [2.24, 2.45) is 0 Å². The minimum atomic E-state index is -0.272. The lowest BCUT2D eigenvalue weighted by Crippen LogP contribution is -2.43. The van der Waals surface area contributed by atoms with Crippen molar-refractivity contribution >= 4 is 29.3 Å². The van der Waals surface area contributed by atoms with E-state index in [1.165, 1.54) is 11.6 Å². The van der Waals surface area contributed by atoms with Gasteiger partial charge >= 0.3 is 0 Å². The maximum absolute atomic E-state index is 13.0. The summed E-state index contributed by atoms with van der Waals surface area (Å²) in [5.41, 5.74) is 4.71. The van der Waals surface area contributed by atoms with Crippen LogP contribution in [-0.4, -0.2) is 59.8 Å². The lowest BCUT2D eigenvalue weighted by molar-refractivity contribution is -0.111. The van der Waals surface area contributed by atoms with Crippen molar-refractivity contribution in [1.82, 2.24) is 14.8 Å². The van der Waals surface area contributed by atoms with Gasteiger partial charge in [0.2, 0.25) is 5.91 Å². The molecule has 2 aromatic carbocycles. The van der Waals surface area contributed by atoms with Crippen LogP contribution in [0.4, 0.5) is 11.4 Å². The highest BCUT2D eigenvalue weighted by molar-refractivity contribution is 6.07. The van der Waals surface area contributed by atoms with Crippen LogP contribution in [0.1, 0.15) is 27.0 Å². The van der Waals surface area contributed by atoms with Crippen LogP contribution in [0.5, 0.6) is 0 Å². The monoisotopic (exact) mass is 469 g/mol. The normalized spacial score (nSPS) is 14.7. The molecule has 0 unspecified atom stereocenters. The van der Waals surface area contributed by atoms with Gasteiger partial charge in [-0.05, 0) is 67.1 Å². The average Bonchev–Trinajstić information content (AvgIpc) is 2.86. The van der Waals surface area contributed by atoms with Crippen LogP contribution in [-0.2, 0) is 11.3 Å². The van der Waals surface area contributed by atoms with Gasteiger partial charge in [-0.3, -0.25) is 19.5 Å². The van der Waals surface area contributed by atoms with Gasteiger partial charge in [0.05, 0.1) is 0 Å². The molecule has 1 aliphatic heterocycles. The predicted molar refractivity (Wildman–Crippen MR) is 140 cm³/mol. The number of piperazine rings is 1. The molecule has 180 valence electrons. The van der Waals surface area contributed by atoms with Gasteiger partial charge in [0, 0.05) is 68.1 Å². The van der Waals surface area contributed by atoms with Gasteiger partial charge in [-0.2, -0.15) is 0 Å². The molecule has 4 rings (SSSR count). The number of rotatable bonds is 7. The largest absolute Gasteiger partial charge is 0.322 e. The molecule has 7 nitrogen and oxygen atoms in total. The van der Waals surface area contributed by atoms with E-state index in [4.69, 9.17) is 0 Å². The molecule has 0 atom stereocenters. The molecule has 0 saturated carbocycles. The Bertz CT molecular complexity index is 1200. The van der Waals surface area contributed by atoms with E-state index in [2.05, 4.69) is 38.5 Å². The van der Waals surface area contributed by atoms with Crippen molar-refractivity contribution in [3.63, 3.8) is 0 Å². The van der Waals surface area contributed by atoms with E-state index in [1.54, 1.807) is 30.6 Å². The van der Waals surface area contributed by atoms with Gasteiger partial charge in [-0.1, -0.05) is 24.3 Å². The third-order valence-corrected chi connectivity index (χ3v) is 6.06. The molecule has 2 amide bonds. The zero-order chi connectivity index (χ0) is 24.6. The molecule has 2 heterocycles. The smallest absolute Gasteiger partial charge is 0.255 e. The fourth-order valence-electron chi connectivity index (χ4n) is 3.93. The number of hydrogen-bond donors (Lipinski definition) is 2. The topological polar surface area (TPSA) is 77.6 Å². The van der Waals surface area contributed by atoms with Gasteiger partial charge in [-0.25, -0.2) is 0 Å².